The molecule has 1 atom stereocenters. The minimum absolute atomic E-state index is 0.662. The van der Waals surface area contributed by atoms with Crippen molar-refractivity contribution in [1.82, 2.24) is 4.90 Å². The summed E-state index contributed by atoms with van der Waals surface area (Å²) in [5, 5.41) is 0. The number of nitrogens with zero attached hydrogens (tertiary/aromatic N) is 2. The van der Waals surface area contributed by atoms with Crippen LogP contribution in [0.2, 0.25) is 0 Å². The number of ether oxygens (including phenoxy) is 1. The summed E-state index contributed by atoms with van der Waals surface area (Å²) < 4.78 is 5.33. The van der Waals surface area contributed by atoms with Crippen LogP contribution in [0.3, 0.4) is 0 Å². The van der Waals surface area contributed by atoms with Crippen molar-refractivity contribution in [3.63, 3.8) is 0 Å². The van der Waals surface area contributed by atoms with Crippen LogP contribution in [0.15, 0.2) is 18.2 Å². The number of rotatable bonds is 2. The molecule has 18 heavy (non-hydrogen) atoms. The molecule has 0 aliphatic carbocycles. The average Bonchev–Trinajstić information content (AvgIpc) is 2.61. The highest BCUT2D eigenvalue weighted by atomic mass is 16.5. The highest BCUT2D eigenvalue weighted by Gasteiger charge is 2.32. The summed E-state index contributed by atoms with van der Waals surface area (Å²) in [4.78, 5) is 5.18. The Labute approximate surface area is 109 Å². The first-order valence-corrected chi connectivity index (χ1v) is 6.97. The molecule has 0 radical (unpaired) electrons. The van der Waals surface area contributed by atoms with Crippen molar-refractivity contribution in [1.29, 1.82) is 0 Å². The third-order valence-electron chi connectivity index (χ3n) is 4.28. The van der Waals surface area contributed by atoms with E-state index < -0.39 is 0 Å². The lowest BCUT2D eigenvalue weighted by Crippen LogP contribution is -2.38. The van der Waals surface area contributed by atoms with Crippen molar-refractivity contribution >= 4 is 5.69 Å². The van der Waals surface area contributed by atoms with E-state index >= 15 is 0 Å². The molecular formula is C15H22N2O. The fourth-order valence-corrected chi connectivity index (χ4v) is 3.30. The quantitative estimate of drug-likeness (QED) is 0.795. The van der Waals surface area contributed by atoms with E-state index in [0.29, 0.717) is 6.04 Å². The fourth-order valence-electron chi connectivity index (χ4n) is 3.30. The third-order valence-corrected chi connectivity index (χ3v) is 4.28. The van der Waals surface area contributed by atoms with Crippen molar-refractivity contribution in [2.45, 2.75) is 25.8 Å². The zero-order valence-corrected chi connectivity index (χ0v) is 11.4. The zero-order valence-electron chi connectivity index (χ0n) is 11.4. The SMILES string of the molecule is CCN1CCCN2c3ccc(OC)cc3CC2C1. The molecule has 98 valence electrons. The van der Waals surface area contributed by atoms with Gasteiger partial charge in [-0.3, -0.25) is 0 Å². The van der Waals surface area contributed by atoms with Gasteiger partial charge in [0.25, 0.3) is 0 Å². The summed E-state index contributed by atoms with van der Waals surface area (Å²) in [5.41, 5.74) is 2.89. The summed E-state index contributed by atoms with van der Waals surface area (Å²) >= 11 is 0. The first kappa shape index (κ1) is 11.8. The number of hydrogen-bond donors (Lipinski definition) is 0. The number of methoxy groups -OCH3 is 1. The highest BCUT2D eigenvalue weighted by Crippen LogP contribution is 2.36. The van der Waals surface area contributed by atoms with Crippen molar-refractivity contribution < 1.29 is 4.74 Å². The first-order valence-electron chi connectivity index (χ1n) is 6.97. The van der Waals surface area contributed by atoms with Gasteiger partial charge in [0.1, 0.15) is 5.75 Å². The zero-order chi connectivity index (χ0) is 12.5. The monoisotopic (exact) mass is 246 g/mol. The van der Waals surface area contributed by atoms with Gasteiger partial charge < -0.3 is 14.5 Å². The van der Waals surface area contributed by atoms with Gasteiger partial charge in [-0.15, -0.1) is 0 Å². The molecule has 1 unspecified atom stereocenters. The molecule has 0 saturated carbocycles. The van der Waals surface area contributed by atoms with Gasteiger partial charge in [0.15, 0.2) is 0 Å². The largest absolute Gasteiger partial charge is 0.497 e. The molecule has 0 spiro atoms. The Kier molecular flexibility index (Phi) is 3.16. The van der Waals surface area contributed by atoms with Crippen LogP contribution < -0.4 is 9.64 Å². The Balaban J connectivity index is 1.86. The topological polar surface area (TPSA) is 15.7 Å². The lowest BCUT2D eigenvalue weighted by molar-refractivity contribution is 0.288. The first-order chi connectivity index (χ1) is 8.81. The van der Waals surface area contributed by atoms with Crippen molar-refractivity contribution in [3.8, 4) is 5.75 Å². The van der Waals surface area contributed by atoms with Gasteiger partial charge in [-0.25, -0.2) is 0 Å². The second-order valence-electron chi connectivity index (χ2n) is 5.29. The molecule has 1 fully saturated rings. The Hall–Kier alpha value is -1.22. The van der Waals surface area contributed by atoms with Crippen LogP contribution in [0.4, 0.5) is 5.69 Å². The Morgan fingerprint density at radius 1 is 1.33 bits per heavy atom. The number of fused-ring (bicyclic) bond motifs is 3. The second kappa shape index (κ2) is 4.81. The molecule has 3 nitrogen and oxygen atoms in total. The van der Waals surface area contributed by atoms with Crippen LogP contribution in [0.25, 0.3) is 0 Å². The van der Waals surface area contributed by atoms with E-state index in [9.17, 15) is 0 Å². The molecule has 1 saturated heterocycles. The molecular weight excluding hydrogens is 224 g/mol. The van der Waals surface area contributed by atoms with Gasteiger partial charge in [0, 0.05) is 24.8 Å². The third kappa shape index (κ3) is 1.97. The van der Waals surface area contributed by atoms with Gasteiger partial charge in [0.05, 0.1) is 7.11 Å². The van der Waals surface area contributed by atoms with Gasteiger partial charge in [0.2, 0.25) is 0 Å². The number of likely N-dealkylation sites (N-methyl/N-ethyl adjacent to an activating group) is 1. The van der Waals surface area contributed by atoms with Crippen molar-refractivity contribution in [3.05, 3.63) is 23.8 Å². The van der Waals surface area contributed by atoms with Crippen LogP contribution in [0.5, 0.6) is 5.75 Å². The normalized spacial score (nSPS) is 23.4. The van der Waals surface area contributed by atoms with E-state index in [0.717, 1.165) is 5.75 Å². The molecule has 0 aromatic heterocycles. The van der Waals surface area contributed by atoms with Crippen LogP contribution in [0, 0.1) is 0 Å². The molecule has 3 rings (SSSR count). The van der Waals surface area contributed by atoms with Crippen molar-refractivity contribution in [2.75, 3.05) is 38.2 Å². The second-order valence-corrected chi connectivity index (χ2v) is 5.29. The van der Waals surface area contributed by atoms with E-state index in [2.05, 4.69) is 34.9 Å². The van der Waals surface area contributed by atoms with Crippen LogP contribution in [-0.2, 0) is 6.42 Å². The van der Waals surface area contributed by atoms with Crippen LogP contribution in [0.1, 0.15) is 18.9 Å². The lowest BCUT2D eigenvalue weighted by atomic mass is 10.1. The molecule has 0 amide bonds. The molecule has 0 N–H and O–H groups in total. The van der Waals surface area contributed by atoms with E-state index in [1.54, 1.807) is 7.11 Å². The molecule has 0 bridgehead atoms. The van der Waals surface area contributed by atoms with Gasteiger partial charge >= 0.3 is 0 Å². The van der Waals surface area contributed by atoms with Crippen LogP contribution >= 0.6 is 0 Å². The van der Waals surface area contributed by atoms with E-state index in [-0.39, 0.29) is 0 Å². The molecule has 3 heteroatoms. The summed E-state index contributed by atoms with van der Waals surface area (Å²) in [6.45, 7) is 7.08. The Bertz CT molecular complexity index is 433. The minimum atomic E-state index is 0.662. The summed E-state index contributed by atoms with van der Waals surface area (Å²) in [7, 11) is 1.74. The van der Waals surface area contributed by atoms with Crippen LogP contribution in [-0.4, -0.2) is 44.2 Å². The summed E-state index contributed by atoms with van der Waals surface area (Å²) in [6, 6.07) is 7.19. The summed E-state index contributed by atoms with van der Waals surface area (Å²) in [5.74, 6) is 0.985. The number of anilines is 1. The van der Waals surface area contributed by atoms with E-state index in [1.807, 2.05) is 0 Å². The number of benzene rings is 1. The van der Waals surface area contributed by atoms with Gasteiger partial charge in [-0.2, -0.15) is 0 Å². The van der Waals surface area contributed by atoms with Crippen molar-refractivity contribution in [2.24, 2.45) is 0 Å². The molecule has 2 aliphatic heterocycles. The highest BCUT2D eigenvalue weighted by molar-refractivity contribution is 5.61. The van der Waals surface area contributed by atoms with E-state index in [4.69, 9.17) is 4.74 Å². The fraction of sp³-hybridized carbons (Fsp3) is 0.600. The Morgan fingerprint density at radius 3 is 3.00 bits per heavy atom. The predicted octanol–water partition coefficient (Wildman–Crippen LogP) is 2.15. The lowest BCUT2D eigenvalue weighted by Gasteiger charge is -2.26. The molecule has 2 heterocycles. The maximum Gasteiger partial charge on any atom is 0.119 e. The smallest absolute Gasteiger partial charge is 0.119 e. The van der Waals surface area contributed by atoms with Gasteiger partial charge in [-0.1, -0.05) is 6.92 Å². The summed E-state index contributed by atoms with van der Waals surface area (Å²) in [6.07, 6.45) is 2.44. The number of hydrogen-bond acceptors (Lipinski definition) is 3. The average molecular weight is 246 g/mol. The Morgan fingerprint density at radius 2 is 2.22 bits per heavy atom. The maximum absolute atomic E-state index is 5.33. The maximum atomic E-state index is 5.33. The van der Waals surface area contributed by atoms with E-state index in [1.165, 1.54) is 50.3 Å². The molecule has 1 aromatic carbocycles. The standard InChI is InChI=1S/C15H22N2O/c1-3-16-7-4-8-17-13(11-16)9-12-10-14(18-2)5-6-15(12)17/h5-6,10,13H,3-4,7-9,11H2,1-2H3. The predicted molar refractivity (Wildman–Crippen MR) is 74.6 cm³/mol. The molecule has 2 aliphatic rings. The van der Waals surface area contributed by atoms with Gasteiger partial charge in [-0.05, 0) is 49.7 Å². The minimum Gasteiger partial charge on any atom is -0.497 e. The molecule has 1 aromatic rings.